The fraction of sp³-hybridized carbons (Fsp3) is 0. The summed E-state index contributed by atoms with van der Waals surface area (Å²) >= 11 is 0. The quantitative estimate of drug-likeness (QED) is 0.535. The molecule has 1 aliphatic rings. The number of halogens is 2. The summed E-state index contributed by atoms with van der Waals surface area (Å²) in [5, 5.41) is 7.00. The third-order valence-corrected chi connectivity index (χ3v) is 1.13. The van der Waals surface area contributed by atoms with Gasteiger partial charge in [-0.25, -0.2) is 0 Å². The van der Waals surface area contributed by atoms with Gasteiger partial charge in [0.25, 0.3) is 6.08 Å². The van der Waals surface area contributed by atoms with Gasteiger partial charge in [-0.05, 0) is 12.2 Å². The van der Waals surface area contributed by atoms with Gasteiger partial charge in [-0.1, -0.05) is 12.2 Å². The summed E-state index contributed by atoms with van der Waals surface area (Å²) in [5.41, 5.74) is -0.426. The molecule has 1 N–H and O–H groups in total. The predicted octanol–water partition coefficient (Wildman–Crippen LogP) is 2.28. The summed E-state index contributed by atoms with van der Waals surface area (Å²) in [7, 11) is 0. The molecule has 10 heavy (non-hydrogen) atoms. The molecule has 3 heteroatoms. The van der Waals surface area contributed by atoms with Gasteiger partial charge in [0, 0.05) is 0 Å². The maximum Gasteiger partial charge on any atom is 0.279 e. The van der Waals surface area contributed by atoms with Crippen LogP contribution in [-0.2, 0) is 0 Å². The molecule has 0 fully saturated rings. The Balaban J connectivity index is 3.02. The van der Waals surface area contributed by atoms with E-state index < -0.39 is 6.08 Å². The highest BCUT2D eigenvalue weighted by atomic mass is 19.3. The van der Waals surface area contributed by atoms with E-state index in [0.717, 1.165) is 0 Å². The first-order valence-electron chi connectivity index (χ1n) is 2.71. The van der Waals surface area contributed by atoms with Gasteiger partial charge in [-0.2, -0.15) is 8.78 Å². The van der Waals surface area contributed by atoms with Crippen LogP contribution in [0.1, 0.15) is 0 Å². The molecule has 1 rings (SSSR count). The molecule has 0 aromatic heterocycles. The van der Waals surface area contributed by atoms with Gasteiger partial charge in [-0.15, -0.1) is 0 Å². The smallest absolute Gasteiger partial charge is 0.279 e. The molecule has 0 saturated carbocycles. The predicted molar refractivity (Wildman–Crippen MR) is 35.2 cm³/mol. The lowest BCUT2D eigenvalue weighted by Crippen LogP contribution is -1.98. The van der Waals surface area contributed by atoms with Crippen molar-refractivity contribution in [2.75, 3.05) is 0 Å². The highest BCUT2D eigenvalue weighted by Crippen LogP contribution is 2.14. The minimum absolute atomic E-state index is 0.137. The molecule has 0 aromatic rings. The Bertz CT molecular complexity index is 244. The van der Waals surface area contributed by atoms with Crippen molar-refractivity contribution in [3.8, 4) is 0 Å². The Morgan fingerprint density at radius 1 is 1.20 bits per heavy atom. The van der Waals surface area contributed by atoms with Crippen LogP contribution in [0, 0.1) is 5.41 Å². The zero-order chi connectivity index (χ0) is 7.56. The molecule has 0 saturated heterocycles. The topological polar surface area (TPSA) is 23.9 Å². The van der Waals surface area contributed by atoms with E-state index in [1.807, 2.05) is 0 Å². The second kappa shape index (κ2) is 2.56. The summed E-state index contributed by atoms with van der Waals surface area (Å²) in [6, 6.07) is 0. The van der Waals surface area contributed by atoms with Gasteiger partial charge in [-0.3, -0.25) is 0 Å². The molecule has 0 radical (unpaired) electrons. The summed E-state index contributed by atoms with van der Waals surface area (Å²) in [6.07, 6.45) is 3.78. The van der Waals surface area contributed by atoms with Crippen molar-refractivity contribution < 1.29 is 8.78 Å². The van der Waals surface area contributed by atoms with Crippen molar-refractivity contribution in [3.05, 3.63) is 36.0 Å². The molecule has 0 unspecified atom stereocenters. The molecule has 0 atom stereocenters. The second-order valence-electron chi connectivity index (χ2n) is 1.81. The van der Waals surface area contributed by atoms with E-state index in [9.17, 15) is 8.78 Å². The van der Waals surface area contributed by atoms with Gasteiger partial charge >= 0.3 is 0 Å². The number of rotatable bonds is 0. The number of hydrogen-bond donors (Lipinski definition) is 1. The largest absolute Gasteiger partial charge is 0.300 e. The normalized spacial score (nSPS) is 16.2. The summed E-state index contributed by atoms with van der Waals surface area (Å²) in [4.78, 5) is 0. The molecular formula is C7H5F2N. The lowest BCUT2D eigenvalue weighted by Gasteiger charge is -2.00. The van der Waals surface area contributed by atoms with Crippen LogP contribution in [0.4, 0.5) is 8.78 Å². The monoisotopic (exact) mass is 141 g/mol. The Morgan fingerprint density at radius 3 is 2.20 bits per heavy atom. The molecule has 0 aromatic carbocycles. The van der Waals surface area contributed by atoms with Crippen molar-refractivity contribution in [1.29, 1.82) is 5.41 Å². The maximum absolute atomic E-state index is 11.8. The first kappa shape index (κ1) is 6.86. The standard InChI is InChI=1S/C7H5F2N/c8-7(9)5-3-1-2-4-6(5)10/h1-4,10H. The van der Waals surface area contributed by atoms with Gasteiger partial charge < -0.3 is 5.41 Å². The zero-order valence-corrected chi connectivity index (χ0v) is 5.07. The Kier molecular flexibility index (Phi) is 1.76. The van der Waals surface area contributed by atoms with Crippen molar-refractivity contribution in [2.45, 2.75) is 0 Å². The van der Waals surface area contributed by atoms with E-state index in [0.29, 0.717) is 0 Å². The van der Waals surface area contributed by atoms with E-state index in [4.69, 9.17) is 5.41 Å². The lowest BCUT2D eigenvalue weighted by atomic mass is 10.1. The molecule has 1 nitrogen and oxygen atoms in total. The fourth-order valence-electron chi connectivity index (χ4n) is 0.648. The maximum atomic E-state index is 11.8. The molecular weight excluding hydrogens is 136 g/mol. The van der Waals surface area contributed by atoms with E-state index >= 15 is 0 Å². The molecule has 0 heterocycles. The average molecular weight is 141 g/mol. The third kappa shape index (κ3) is 1.18. The molecule has 0 spiro atoms. The molecule has 0 aliphatic heterocycles. The number of hydrogen-bond acceptors (Lipinski definition) is 1. The Labute approximate surface area is 56.9 Å². The molecule has 52 valence electrons. The first-order chi connectivity index (χ1) is 4.72. The Hall–Kier alpha value is -1.25. The van der Waals surface area contributed by atoms with Crippen LogP contribution in [0.25, 0.3) is 0 Å². The van der Waals surface area contributed by atoms with Crippen molar-refractivity contribution >= 4 is 5.71 Å². The van der Waals surface area contributed by atoms with Crippen LogP contribution < -0.4 is 0 Å². The van der Waals surface area contributed by atoms with Gasteiger partial charge in [0.05, 0.1) is 11.3 Å². The minimum atomic E-state index is -1.80. The first-order valence-corrected chi connectivity index (χ1v) is 2.71. The van der Waals surface area contributed by atoms with E-state index in [-0.39, 0.29) is 11.3 Å². The van der Waals surface area contributed by atoms with Gasteiger partial charge in [0.1, 0.15) is 0 Å². The van der Waals surface area contributed by atoms with Crippen LogP contribution in [0.3, 0.4) is 0 Å². The van der Waals surface area contributed by atoms with Gasteiger partial charge in [0.15, 0.2) is 0 Å². The second-order valence-corrected chi connectivity index (χ2v) is 1.81. The summed E-state index contributed by atoms with van der Waals surface area (Å²) in [5.74, 6) is 0. The molecule has 0 amide bonds. The van der Waals surface area contributed by atoms with Crippen LogP contribution in [0.2, 0.25) is 0 Å². The molecule has 0 bridgehead atoms. The summed E-state index contributed by atoms with van der Waals surface area (Å²) in [6.45, 7) is 0. The average Bonchev–Trinajstić information content (AvgIpc) is 1.88. The van der Waals surface area contributed by atoms with Crippen molar-refractivity contribution in [1.82, 2.24) is 0 Å². The third-order valence-electron chi connectivity index (χ3n) is 1.13. The van der Waals surface area contributed by atoms with Crippen molar-refractivity contribution in [2.24, 2.45) is 0 Å². The lowest BCUT2D eigenvalue weighted by molar-refractivity contribution is 0.418. The Morgan fingerprint density at radius 2 is 1.80 bits per heavy atom. The van der Waals surface area contributed by atoms with E-state index in [1.165, 1.54) is 18.2 Å². The number of nitrogens with one attached hydrogen (secondary N) is 1. The fourth-order valence-corrected chi connectivity index (χ4v) is 0.648. The van der Waals surface area contributed by atoms with Crippen LogP contribution in [0.5, 0.6) is 0 Å². The highest BCUT2D eigenvalue weighted by molar-refractivity contribution is 6.09. The van der Waals surface area contributed by atoms with E-state index in [2.05, 4.69) is 0 Å². The van der Waals surface area contributed by atoms with Crippen molar-refractivity contribution in [3.63, 3.8) is 0 Å². The number of allylic oxidation sites excluding steroid dienone is 5. The van der Waals surface area contributed by atoms with E-state index in [1.54, 1.807) is 6.08 Å². The van der Waals surface area contributed by atoms with Gasteiger partial charge in [0.2, 0.25) is 0 Å². The minimum Gasteiger partial charge on any atom is -0.300 e. The summed E-state index contributed by atoms with van der Waals surface area (Å²) < 4.78 is 23.6. The van der Waals surface area contributed by atoms with Crippen LogP contribution in [-0.4, -0.2) is 5.71 Å². The SMILES string of the molecule is N=C1C=CC=CC1=C(F)F. The highest BCUT2D eigenvalue weighted by Gasteiger charge is 2.07. The van der Waals surface area contributed by atoms with Crippen LogP contribution in [0.15, 0.2) is 36.0 Å². The zero-order valence-electron chi connectivity index (χ0n) is 5.07. The molecule has 1 aliphatic carbocycles. The van der Waals surface area contributed by atoms with Crippen LogP contribution >= 0.6 is 0 Å².